The van der Waals surface area contributed by atoms with Gasteiger partial charge in [0.15, 0.2) is 9.84 Å². The molecule has 1 aromatic rings. The smallest absolute Gasteiger partial charge is 0.358 e. The van der Waals surface area contributed by atoms with Crippen LogP contribution in [-0.4, -0.2) is 34.6 Å². The molecule has 2 rings (SSSR count). The Kier molecular flexibility index (Phi) is 2.45. The Morgan fingerprint density at radius 2 is 2.31 bits per heavy atom. The lowest BCUT2D eigenvalue weighted by Crippen LogP contribution is -2.13. The lowest BCUT2D eigenvalue weighted by molar-refractivity contribution is -0.389. The highest BCUT2D eigenvalue weighted by molar-refractivity contribution is 7.91. The number of sulfone groups is 1. The van der Waals surface area contributed by atoms with Gasteiger partial charge >= 0.3 is 5.82 Å². The Morgan fingerprint density at radius 1 is 1.62 bits per heavy atom. The van der Waals surface area contributed by atoms with Crippen molar-refractivity contribution in [3.63, 3.8) is 0 Å². The molecule has 1 aliphatic heterocycles. The third-order valence-electron chi connectivity index (χ3n) is 2.65. The van der Waals surface area contributed by atoms with Gasteiger partial charge in [-0.05, 0) is 18.3 Å². The van der Waals surface area contributed by atoms with E-state index in [1.165, 1.54) is 10.7 Å². The van der Waals surface area contributed by atoms with E-state index in [9.17, 15) is 18.5 Å². The van der Waals surface area contributed by atoms with Gasteiger partial charge in [0, 0.05) is 0 Å². The summed E-state index contributed by atoms with van der Waals surface area (Å²) in [5.74, 6) is -0.0842. The summed E-state index contributed by atoms with van der Waals surface area (Å²) in [5.41, 5.74) is 0.619. The number of hydrogen-bond donors (Lipinski definition) is 0. The first-order valence-electron chi connectivity index (χ1n) is 4.80. The predicted molar refractivity (Wildman–Crippen MR) is 55.9 cm³/mol. The van der Waals surface area contributed by atoms with Crippen molar-refractivity contribution < 1.29 is 13.3 Å². The fourth-order valence-electron chi connectivity index (χ4n) is 1.90. The number of aryl methyl sites for hydroxylation is 1. The van der Waals surface area contributed by atoms with Crippen LogP contribution in [0.1, 0.15) is 18.2 Å². The Bertz CT molecular complexity index is 533. The molecule has 8 heteroatoms. The molecule has 1 unspecified atom stereocenters. The van der Waals surface area contributed by atoms with Crippen LogP contribution in [0.2, 0.25) is 0 Å². The lowest BCUT2D eigenvalue weighted by atomic mass is 10.2. The summed E-state index contributed by atoms with van der Waals surface area (Å²) >= 11 is 0. The molecule has 0 aliphatic carbocycles. The lowest BCUT2D eigenvalue weighted by Gasteiger charge is -2.05. The molecule has 1 aliphatic rings. The maximum absolute atomic E-state index is 11.3. The molecule has 2 heterocycles. The molecule has 0 aromatic carbocycles. The number of nitro groups is 1. The Morgan fingerprint density at radius 3 is 2.75 bits per heavy atom. The summed E-state index contributed by atoms with van der Waals surface area (Å²) in [4.78, 5) is 9.94. The van der Waals surface area contributed by atoms with Crippen LogP contribution in [0.5, 0.6) is 0 Å². The van der Waals surface area contributed by atoms with Gasteiger partial charge in [0.2, 0.25) is 0 Å². The highest BCUT2D eigenvalue weighted by Gasteiger charge is 2.33. The summed E-state index contributed by atoms with van der Waals surface area (Å²) in [7, 11) is -3.00. The fraction of sp³-hybridized carbons (Fsp3) is 0.625. The maximum atomic E-state index is 11.3. The molecular weight excluding hydrogens is 234 g/mol. The second-order valence-electron chi connectivity index (χ2n) is 3.90. The number of aromatic nitrogens is 2. The molecule has 0 N–H and O–H groups in total. The SMILES string of the molecule is Cc1cc([N+](=O)[O-])nn1C1CCS(=O)(=O)C1. The second-order valence-corrected chi connectivity index (χ2v) is 6.13. The van der Waals surface area contributed by atoms with E-state index in [0.29, 0.717) is 12.1 Å². The van der Waals surface area contributed by atoms with Gasteiger partial charge in [0.25, 0.3) is 0 Å². The van der Waals surface area contributed by atoms with E-state index in [1.807, 2.05) is 0 Å². The van der Waals surface area contributed by atoms with Crippen LogP contribution < -0.4 is 0 Å². The van der Waals surface area contributed by atoms with Gasteiger partial charge in [0.1, 0.15) is 0 Å². The van der Waals surface area contributed by atoms with E-state index in [-0.39, 0.29) is 23.4 Å². The van der Waals surface area contributed by atoms with Crippen LogP contribution in [0, 0.1) is 17.0 Å². The zero-order valence-corrected chi connectivity index (χ0v) is 9.48. The zero-order valence-electron chi connectivity index (χ0n) is 8.66. The third kappa shape index (κ3) is 1.92. The van der Waals surface area contributed by atoms with Crippen molar-refractivity contribution in [1.82, 2.24) is 9.78 Å². The molecule has 0 saturated carbocycles. The number of nitrogens with zero attached hydrogens (tertiary/aromatic N) is 3. The van der Waals surface area contributed by atoms with Crippen LogP contribution in [0.25, 0.3) is 0 Å². The number of hydrogen-bond acceptors (Lipinski definition) is 5. The van der Waals surface area contributed by atoms with Crippen molar-refractivity contribution in [3.8, 4) is 0 Å². The first-order chi connectivity index (χ1) is 7.39. The van der Waals surface area contributed by atoms with Crippen molar-refractivity contribution in [2.75, 3.05) is 11.5 Å². The van der Waals surface area contributed by atoms with E-state index >= 15 is 0 Å². The summed E-state index contributed by atoms with van der Waals surface area (Å²) in [6, 6.07) is 1.09. The maximum Gasteiger partial charge on any atom is 0.390 e. The molecule has 1 aromatic heterocycles. The highest BCUT2D eigenvalue weighted by Crippen LogP contribution is 2.25. The highest BCUT2D eigenvalue weighted by atomic mass is 32.2. The first kappa shape index (κ1) is 11.1. The van der Waals surface area contributed by atoms with Crippen molar-refractivity contribution in [1.29, 1.82) is 0 Å². The van der Waals surface area contributed by atoms with E-state index in [4.69, 9.17) is 0 Å². The molecule has 0 radical (unpaired) electrons. The average molecular weight is 245 g/mol. The van der Waals surface area contributed by atoms with Gasteiger partial charge in [-0.25, -0.2) is 8.42 Å². The van der Waals surface area contributed by atoms with Crippen molar-refractivity contribution in [2.24, 2.45) is 0 Å². The second kappa shape index (κ2) is 3.55. The fourth-order valence-corrected chi connectivity index (χ4v) is 3.59. The normalized spacial score (nSPS) is 23.4. The van der Waals surface area contributed by atoms with Gasteiger partial charge in [-0.15, -0.1) is 0 Å². The minimum atomic E-state index is -3.00. The van der Waals surface area contributed by atoms with Crippen LogP contribution in [0.3, 0.4) is 0 Å². The summed E-state index contributed by atoms with van der Waals surface area (Å²) < 4.78 is 24.0. The van der Waals surface area contributed by atoms with Crippen LogP contribution in [0.15, 0.2) is 6.07 Å². The molecule has 88 valence electrons. The summed E-state index contributed by atoms with van der Waals surface area (Å²) in [6.07, 6.45) is 0.474. The number of rotatable bonds is 2. The molecule has 0 bridgehead atoms. The molecule has 7 nitrogen and oxygen atoms in total. The van der Waals surface area contributed by atoms with Crippen LogP contribution in [-0.2, 0) is 9.84 Å². The van der Waals surface area contributed by atoms with E-state index in [2.05, 4.69) is 5.10 Å². The minimum absolute atomic E-state index is 0.0205. The topological polar surface area (TPSA) is 95.1 Å². The first-order valence-corrected chi connectivity index (χ1v) is 6.62. The summed E-state index contributed by atoms with van der Waals surface area (Å²) in [5, 5.41) is 14.3. The van der Waals surface area contributed by atoms with Gasteiger partial charge in [-0.2, -0.15) is 4.68 Å². The standard InChI is InChI=1S/C8H11N3O4S/c1-6-4-8(11(12)13)9-10(6)7-2-3-16(14,15)5-7/h4,7H,2-3,5H2,1H3. The van der Waals surface area contributed by atoms with Gasteiger partial charge < -0.3 is 10.1 Å². The predicted octanol–water partition coefficient (Wildman–Crippen LogP) is 0.459. The van der Waals surface area contributed by atoms with E-state index < -0.39 is 14.8 Å². The Hall–Kier alpha value is -1.44. The Balaban J connectivity index is 2.32. The van der Waals surface area contributed by atoms with E-state index in [0.717, 1.165) is 0 Å². The zero-order chi connectivity index (χ0) is 11.9. The molecule has 1 fully saturated rings. The van der Waals surface area contributed by atoms with E-state index in [1.54, 1.807) is 6.92 Å². The molecule has 1 atom stereocenters. The van der Waals surface area contributed by atoms with Gasteiger partial charge in [-0.3, -0.25) is 0 Å². The van der Waals surface area contributed by atoms with Crippen molar-refractivity contribution >= 4 is 15.7 Å². The largest absolute Gasteiger partial charge is 0.390 e. The molecule has 0 amide bonds. The quantitative estimate of drug-likeness (QED) is 0.557. The van der Waals surface area contributed by atoms with Crippen molar-refractivity contribution in [2.45, 2.75) is 19.4 Å². The molecule has 0 spiro atoms. The van der Waals surface area contributed by atoms with Crippen LogP contribution in [0.4, 0.5) is 5.82 Å². The molecular formula is C8H11N3O4S. The average Bonchev–Trinajstić information content (AvgIpc) is 2.69. The molecule has 16 heavy (non-hydrogen) atoms. The monoisotopic (exact) mass is 245 g/mol. The van der Waals surface area contributed by atoms with Gasteiger partial charge in [-0.1, -0.05) is 0 Å². The third-order valence-corrected chi connectivity index (χ3v) is 4.40. The van der Waals surface area contributed by atoms with Gasteiger partial charge in [0.05, 0.1) is 34.4 Å². The van der Waals surface area contributed by atoms with Crippen molar-refractivity contribution in [3.05, 3.63) is 21.9 Å². The summed E-state index contributed by atoms with van der Waals surface area (Å²) in [6.45, 7) is 1.69. The minimum Gasteiger partial charge on any atom is -0.358 e. The van der Waals surface area contributed by atoms with Crippen LogP contribution >= 0.6 is 0 Å². The molecule has 1 saturated heterocycles. The Labute approximate surface area is 92.1 Å².